The molecule has 0 bridgehead atoms. The molecule has 0 radical (unpaired) electrons. The summed E-state index contributed by atoms with van der Waals surface area (Å²) in [5.74, 6) is -1.00. The molecule has 1 spiro atoms. The highest BCUT2D eigenvalue weighted by Crippen LogP contribution is 2.18. The van der Waals surface area contributed by atoms with Crippen LogP contribution in [0, 0.1) is 0 Å². The van der Waals surface area contributed by atoms with Crippen LogP contribution in [0.4, 0.5) is 0 Å². The van der Waals surface area contributed by atoms with Gasteiger partial charge < -0.3 is 16.0 Å². The lowest BCUT2D eigenvalue weighted by atomic mass is 9.87. The SMILES string of the molecule is Cl.O=C1NCC2(CCNCC2)NC1=O. The molecule has 2 amide bonds. The maximum Gasteiger partial charge on any atom is 0.309 e. The van der Waals surface area contributed by atoms with Crippen LogP contribution in [0.15, 0.2) is 0 Å². The number of hydrogen-bond donors (Lipinski definition) is 3. The predicted octanol–water partition coefficient (Wildman–Crippen LogP) is -1.22. The molecule has 2 fully saturated rings. The molecule has 0 aromatic carbocycles. The number of amides is 2. The van der Waals surface area contributed by atoms with Crippen LogP contribution in [0.3, 0.4) is 0 Å². The van der Waals surface area contributed by atoms with Crippen molar-refractivity contribution >= 4 is 24.2 Å². The summed E-state index contributed by atoms with van der Waals surface area (Å²) in [6.07, 6.45) is 1.78. The molecule has 6 heteroatoms. The summed E-state index contributed by atoms with van der Waals surface area (Å²) in [5.41, 5.74) is -0.184. The minimum Gasteiger partial charge on any atom is -0.345 e. The van der Waals surface area contributed by atoms with Gasteiger partial charge in [0.2, 0.25) is 0 Å². The Labute approximate surface area is 88.4 Å². The normalized spacial score (nSPS) is 24.9. The Bertz CT molecular complexity index is 251. The van der Waals surface area contributed by atoms with E-state index in [0.29, 0.717) is 6.54 Å². The number of rotatable bonds is 0. The van der Waals surface area contributed by atoms with Gasteiger partial charge in [-0.15, -0.1) is 12.4 Å². The lowest BCUT2D eigenvalue weighted by Gasteiger charge is -2.40. The minimum absolute atomic E-state index is 0. The second kappa shape index (κ2) is 4.14. The highest BCUT2D eigenvalue weighted by atomic mass is 35.5. The summed E-state index contributed by atoms with van der Waals surface area (Å²) in [6.45, 7) is 2.37. The zero-order chi connectivity index (χ0) is 9.31. The fourth-order valence-corrected chi connectivity index (χ4v) is 1.88. The number of carbonyl (C=O) groups is 2. The van der Waals surface area contributed by atoms with Gasteiger partial charge in [-0.05, 0) is 25.9 Å². The topological polar surface area (TPSA) is 70.2 Å². The van der Waals surface area contributed by atoms with Gasteiger partial charge in [0.15, 0.2) is 0 Å². The van der Waals surface area contributed by atoms with Crippen molar-refractivity contribution in [3.63, 3.8) is 0 Å². The Kier molecular flexibility index (Phi) is 3.34. The second-order valence-electron chi connectivity index (χ2n) is 3.67. The number of hydrogen-bond acceptors (Lipinski definition) is 3. The molecule has 3 N–H and O–H groups in total. The third-order valence-electron chi connectivity index (χ3n) is 2.73. The third kappa shape index (κ3) is 1.99. The molecular weight excluding hydrogens is 206 g/mol. The van der Waals surface area contributed by atoms with E-state index in [1.165, 1.54) is 0 Å². The largest absolute Gasteiger partial charge is 0.345 e. The molecule has 0 saturated carbocycles. The first-order valence-electron chi connectivity index (χ1n) is 4.53. The van der Waals surface area contributed by atoms with Crippen molar-refractivity contribution in [2.24, 2.45) is 0 Å². The molecule has 0 aromatic rings. The molecule has 2 rings (SSSR count). The highest BCUT2D eigenvalue weighted by Gasteiger charge is 2.39. The summed E-state index contributed by atoms with van der Waals surface area (Å²) in [5, 5.41) is 8.62. The van der Waals surface area contributed by atoms with Gasteiger partial charge in [0, 0.05) is 6.54 Å². The average Bonchev–Trinajstić information content (AvgIpc) is 2.14. The predicted molar refractivity (Wildman–Crippen MR) is 53.2 cm³/mol. The van der Waals surface area contributed by atoms with E-state index in [1.54, 1.807) is 0 Å². The molecule has 2 aliphatic heterocycles. The number of piperidine rings is 1. The molecule has 0 aliphatic carbocycles. The van der Waals surface area contributed by atoms with E-state index in [-0.39, 0.29) is 17.9 Å². The Morgan fingerprint density at radius 1 is 1.07 bits per heavy atom. The summed E-state index contributed by atoms with van der Waals surface area (Å²) in [4.78, 5) is 22.0. The first kappa shape index (κ1) is 11.3. The number of nitrogens with one attached hydrogen (secondary N) is 3. The minimum atomic E-state index is -0.510. The molecule has 2 saturated heterocycles. The third-order valence-corrected chi connectivity index (χ3v) is 2.73. The van der Waals surface area contributed by atoms with E-state index in [1.807, 2.05) is 0 Å². The van der Waals surface area contributed by atoms with Crippen LogP contribution >= 0.6 is 12.4 Å². The van der Waals surface area contributed by atoms with Gasteiger partial charge in [-0.1, -0.05) is 0 Å². The summed E-state index contributed by atoms with van der Waals surface area (Å²) in [7, 11) is 0. The molecule has 2 heterocycles. The lowest BCUT2D eigenvalue weighted by Crippen LogP contribution is -2.67. The zero-order valence-corrected chi connectivity index (χ0v) is 8.58. The fourth-order valence-electron chi connectivity index (χ4n) is 1.88. The fraction of sp³-hybridized carbons (Fsp3) is 0.750. The van der Waals surface area contributed by atoms with Gasteiger partial charge in [-0.25, -0.2) is 0 Å². The van der Waals surface area contributed by atoms with Crippen LogP contribution in [-0.2, 0) is 9.59 Å². The van der Waals surface area contributed by atoms with E-state index in [9.17, 15) is 9.59 Å². The van der Waals surface area contributed by atoms with Gasteiger partial charge in [-0.3, -0.25) is 9.59 Å². The molecule has 80 valence electrons. The second-order valence-corrected chi connectivity index (χ2v) is 3.67. The van der Waals surface area contributed by atoms with Crippen molar-refractivity contribution in [3.8, 4) is 0 Å². The molecule has 0 unspecified atom stereocenters. The molecule has 2 aliphatic rings. The van der Waals surface area contributed by atoms with E-state index >= 15 is 0 Å². The lowest BCUT2D eigenvalue weighted by molar-refractivity contribution is -0.143. The first-order valence-corrected chi connectivity index (χ1v) is 4.53. The van der Waals surface area contributed by atoms with Crippen LogP contribution in [0.1, 0.15) is 12.8 Å². The van der Waals surface area contributed by atoms with Crippen LogP contribution in [0.5, 0.6) is 0 Å². The number of halogens is 1. The van der Waals surface area contributed by atoms with E-state index in [2.05, 4.69) is 16.0 Å². The number of piperazine rings is 1. The van der Waals surface area contributed by atoms with Crippen LogP contribution in [0.2, 0.25) is 0 Å². The molecule has 0 atom stereocenters. The average molecular weight is 220 g/mol. The smallest absolute Gasteiger partial charge is 0.309 e. The van der Waals surface area contributed by atoms with Gasteiger partial charge in [-0.2, -0.15) is 0 Å². The molecule has 5 nitrogen and oxygen atoms in total. The van der Waals surface area contributed by atoms with Crippen LogP contribution < -0.4 is 16.0 Å². The Morgan fingerprint density at radius 3 is 2.29 bits per heavy atom. The summed E-state index contributed by atoms with van der Waals surface area (Å²) in [6, 6.07) is 0. The summed E-state index contributed by atoms with van der Waals surface area (Å²) >= 11 is 0. The van der Waals surface area contributed by atoms with Crippen LogP contribution in [-0.4, -0.2) is 37.0 Å². The Balaban J connectivity index is 0.000000980. The van der Waals surface area contributed by atoms with E-state index in [4.69, 9.17) is 0 Å². The quantitative estimate of drug-likeness (QED) is 0.447. The first-order chi connectivity index (χ1) is 6.22. The monoisotopic (exact) mass is 219 g/mol. The maximum absolute atomic E-state index is 11.1. The highest BCUT2D eigenvalue weighted by molar-refractivity contribution is 6.35. The van der Waals surface area contributed by atoms with Crippen molar-refractivity contribution in [2.75, 3.05) is 19.6 Å². The zero-order valence-electron chi connectivity index (χ0n) is 7.76. The van der Waals surface area contributed by atoms with E-state index in [0.717, 1.165) is 25.9 Å². The maximum atomic E-state index is 11.1. The van der Waals surface area contributed by atoms with Crippen molar-refractivity contribution in [2.45, 2.75) is 18.4 Å². The standard InChI is InChI=1S/C8H13N3O2.ClH/c12-6-7(13)11-8(5-10-6)1-3-9-4-2-8;/h9H,1-5H2,(H,10,12)(H,11,13);1H. The van der Waals surface area contributed by atoms with E-state index < -0.39 is 11.8 Å². The Hall–Kier alpha value is -0.810. The van der Waals surface area contributed by atoms with Gasteiger partial charge in [0.1, 0.15) is 0 Å². The van der Waals surface area contributed by atoms with Crippen LogP contribution in [0.25, 0.3) is 0 Å². The molecule has 0 aromatic heterocycles. The summed E-state index contributed by atoms with van der Waals surface area (Å²) < 4.78 is 0. The van der Waals surface area contributed by atoms with Gasteiger partial charge in [0.05, 0.1) is 5.54 Å². The van der Waals surface area contributed by atoms with Gasteiger partial charge >= 0.3 is 11.8 Å². The van der Waals surface area contributed by atoms with Crippen molar-refractivity contribution < 1.29 is 9.59 Å². The molecule has 14 heavy (non-hydrogen) atoms. The van der Waals surface area contributed by atoms with Crippen molar-refractivity contribution in [1.82, 2.24) is 16.0 Å². The number of carbonyl (C=O) groups excluding carboxylic acids is 2. The van der Waals surface area contributed by atoms with Crippen molar-refractivity contribution in [1.29, 1.82) is 0 Å². The van der Waals surface area contributed by atoms with Crippen molar-refractivity contribution in [3.05, 3.63) is 0 Å². The Morgan fingerprint density at radius 2 is 1.71 bits per heavy atom. The van der Waals surface area contributed by atoms with Gasteiger partial charge in [0.25, 0.3) is 0 Å². The molecular formula is C8H14ClN3O2.